The number of urea groups is 1. The van der Waals surface area contributed by atoms with Crippen LogP contribution < -0.4 is 16.2 Å². The molecule has 0 fully saturated rings. The van der Waals surface area contributed by atoms with Gasteiger partial charge in [0.15, 0.2) is 0 Å². The summed E-state index contributed by atoms with van der Waals surface area (Å²) in [6.07, 6.45) is 3.97. The molecule has 7 nitrogen and oxygen atoms in total. The van der Waals surface area contributed by atoms with Crippen molar-refractivity contribution >= 4 is 51.4 Å². The number of hydrogen-bond donors (Lipinski definition) is 3. The van der Waals surface area contributed by atoms with E-state index < -0.39 is 6.03 Å². The third-order valence-corrected chi connectivity index (χ3v) is 5.14. The zero-order chi connectivity index (χ0) is 21.1. The summed E-state index contributed by atoms with van der Waals surface area (Å²) >= 11 is 11.8. The van der Waals surface area contributed by atoms with Crippen LogP contribution in [0.2, 0.25) is 10.0 Å². The first kappa shape index (κ1) is 19.9. The Morgan fingerprint density at radius 1 is 0.967 bits per heavy atom. The lowest BCUT2D eigenvalue weighted by molar-refractivity contribution is 0.262. The fourth-order valence-electron chi connectivity index (χ4n) is 3.00. The lowest BCUT2D eigenvalue weighted by Gasteiger charge is -2.10. The second kappa shape index (κ2) is 8.52. The zero-order valence-corrected chi connectivity index (χ0v) is 17.0. The number of halogens is 2. The van der Waals surface area contributed by atoms with E-state index in [4.69, 9.17) is 23.2 Å². The van der Waals surface area contributed by atoms with Gasteiger partial charge in [0.05, 0.1) is 21.1 Å². The molecular weight excluding hydrogens is 425 g/mol. The third kappa shape index (κ3) is 4.42. The van der Waals surface area contributed by atoms with Crippen LogP contribution >= 0.6 is 23.2 Å². The van der Waals surface area contributed by atoms with Crippen molar-refractivity contribution in [2.75, 3.05) is 10.6 Å². The average molecular weight is 440 g/mol. The number of nitrogens with one attached hydrogen (secondary N) is 3. The normalized spacial score (nSPS) is 10.7. The van der Waals surface area contributed by atoms with Crippen molar-refractivity contribution < 1.29 is 4.79 Å². The second-order valence-corrected chi connectivity index (χ2v) is 7.32. The van der Waals surface area contributed by atoms with Crippen LogP contribution in [0.3, 0.4) is 0 Å². The molecule has 0 saturated carbocycles. The number of aromatic amines is 1. The van der Waals surface area contributed by atoms with Crippen molar-refractivity contribution in [1.29, 1.82) is 0 Å². The second-order valence-electron chi connectivity index (χ2n) is 6.51. The first-order chi connectivity index (χ1) is 14.5. The fraction of sp³-hybridized carbons (Fsp3) is 0.0476. The molecule has 0 radical (unpaired) electrons. The Balaban J connectivity index is 1.57. The van der Waals surface area contributed by atoms with Gasteiger partial charge < -0.3 is 10.6 Å². The van der Waals surface area contributed by atoms with Gasteiger partial charge in [0.25, 0.3) is 5.56 Å². The molecule has 4 rings (SSSR count). The van der Waals surface area contributed by atoms with Crippen LogP contribution in [0.25, 0.3) is 10.8 Å². The number of aromatic nitrogens is 3. The Morgan fingerprint density at radius 3 is 2.47 bits per heavy atom. The number of nitrogens with zero attached hydrogens (tertiary/aromatic N) is 2. The first-order valence-corrected chi connectivity index (χ1v) is 9.68. The summed E-state index contributed by atoms with van der Waals surface area (Å²) in [5, 5.41) is 13.9. The van der Waals surface area contributed by atoms with Crippen molar-refractivity contribution in [3.8, 4) is 0 Å². The Bertz CT molecular complexity index is 1290. The molecule has 9 heteroatoms. The van der Waals surface area contributed by atoms with E-state index in [0.717, 1.165) is 5.56 Å². The van der Waals surface area contributed by atoms with Crippen LogP contribution in [0.5, 0.6) is 0 Å². The van der Waals surface area contributed by atoms with Crippen molar-refractivity contribution in [2.24, 2.45) is 0 Å². The Morgan fingerprint density at radius 2 is 1.73 bits per heavy atom. The van der Waals surface area contributed by atoms with E-state index in [9.17, 15) is 9.59 Å². The minimum atomic E-state index is -0.478. The van der Waals surface area contributed by atoms with Gasteiger partial charge in [0, 0.05) is 35.6 Å². The number of carbonyl (C=O) groups excluding carboxylic acids is 1. The third-order valence-electron chi connectivity index (χ3n) is 4.40. The van der Waals surface area contributed by atoms with E-state index in [2.05, 4.69) is 25.8 Å². The van der Waals surface area contributed by atoms with Gasteiger partial charge in [-0.2, -0.15) is 5.10 Å². The highest BCUT2D eigenvalue weighted by Gasteiger charge is 2.10. The Labute approximate surface area is 181 Å². The average Bonchev–Trinajstić information content (AvgIpc) is 2.74. The number of benzene rings is 2. The topological polar surface area (TPSA) is 99.8 Å². The van der Waals surface area contributed by atoms with Gasteiger partial charge in [-0.15, -0.1) is 0 Å². The van der Waals surface area contributed by atoms with Crippen LogP contribution in [-0.2, 0) is 6.42 Å². The number of anilines is 2. The molecular formula is C21H15Cl2N5O2. The summed E-state index contributed by atoms with van der Waals surface area (Å²) in [6.45, 7) is 0. The van der Waals surface area contributed by atoms with E-state index >= 15 is 0 Å². The molecule has 2 aromatic carbocycles. The summed E-state index contributed by atoms with van der Waals surface area (Å²) in [5.41, 5.74) is 2.30. The molecule has 0 aliphatic heterocycles. The Hall–Kier alpha value is -3.42. The van der Waals surface area contributed by atoms with Crippen LogP contribution in [0.4, 0.5) is 16.2 Å². The molecule has 0 unspecified atom stereocenters. The predicted octanol–water partition coefficient (Wildman–Crippen LogP) is 4.86. The number of fused-ring (bicyclic) bond motifs is 1. The van der Waals surface area contributed by atoms with Crippen molar-refractivity contribution in [3.05, 3.63) is 92.6 Å². The van der Waals surface area contributed by atoms with Crippen molar-refractivity contribution in [2.45, 2.75) is 6.42 Å². The highest BCUT2D eigenvalue weighted by Crippen LogP contribution is 2.25. The maximum Gasteiger partial charge on any atom is 0.323 e. The SMILES string of the molecule is O=C(Nc1ccc(Cl)c(Cl)c1)Nc1ccc2c(Cc3cccnc3)n[nH]c(=O)c2c1. The molecule has 0 aliphatic carbocycles. The number of rotatable bonds is 4. The summed E-state index contributed by atoms with van der Waals surface area (Å²) in [5.74, 6) is 0. The number of pyridine rings is 1. The molecule has 2 aromatic heterocycles. The van der Waals surface area contributed by atoms with Crippen molar-refractivity contribution in [1.82, 2.24) is 15.2 Å². The number of H-pyrrole nitrogens is 1. The van der Waals surface area contributed by atoms with Crippen LogP contribution in [0.15, 0.2) is 65.7 Å². The lowest BCUT2D eigenvalue weighted by Crippen LogP contribution is -2.20. The van der Waals surface area contributed by atoms with Gasteiger partial charge in [-0.1, -0.05) is 35.3 Å². The molecule has 0 aliphatic rings. The van der Waals surface area contributed by atoms with E-state index in [0.29, 0.717) is 44.3 Å². The summed E-state index contributed by atoms with van der Waals surface area (Å²) in [7, 11) is 0. The van der Waals surface area contributed by atoms with Gasteiger partial charge >= 0.3 is 6.03 Å². The van der Waals surface area contributed by atoms with E-state index in [-0.39, 0.29) is 5.56 Å². The highest BCUT2D eigenvalue weighted by molar-refractivity contribution is 6.42. The fourth-order valence-corrected chi connectivity index (χ4v) is 3.30. The van der Waals surface area contributed by atoms with Crippen LogP contribution in [0, 0.1) is 0 Å². The molecule has 3 N–H and O–H groups in total. The summed E-state index contributed by atoms with van der Waals surface area (Å²) in [6, 6.07) is 13.2. The van der Waals surface area contributed by atoms with Gasteiger partial charge in [-0.3, -0.25) is 9.78 Å². The molecule has 2 amide bonds. The van der Waals surface area contributed by atoms with Gasteiger partial charge in [-0.25, -0.2) is 9.89 Å². The van der Waals surface area contributed by atoms with E-state index in [1.54, 1.807) is 48.8 Å². The first-order valence-electron chi connectivity index (χ1n) is 8.93. The van der Waals surface area contributed by atoms with Gasteiger partial charge in [0.1, 0.15) is 0 Å². The highest BCUT2D eigenvalue weighted by atomic mass is 35.5. The number of carbonyl (C=O) groups is 1. The van der Waals surface area contributed by atoms with Crippen LogP contribution in [0.1, 0.15) is 11.3 Å². The number of hydrogen-bond acceptors (Lipinski definition) is 4. The molecule has 4 aromatic rings. The molecule has 30 heavy (non-hydrogen) atoms. The molecule has 2 heterocycles. The van der Waals surface area contributed by atoms with Crippen molar-refractivity contribution in [3.63, 3.8) is 0 Å². The molecule has 150 valence electrons. The minimum Gasteiger partial charge on any atom is -0.308 e. The number of amides is 2. The van der Waals surface area contributed by atoms with E-state index in [1.165, 1.54) is 0 Å². The van der Waals surface area contributed by atoms with Gasteiger partial charge in [-0.05, 0) is 42.0 Å². The quantitative estimate of drug-likeness (QED) is 0.422. The Kier molecular flexibility index (Phi) is 5.65. The molecule has 0 bridgehead atoms. The predicted molar refractivity (Wildman–Crippen MR) is 119 cm³/mol. The zero-order valence-electron chi connectivity index (χ0n) is 15.4. The summed E-state index contributed by atoms with van der Waals surface area (Å²) < 4.78 is 0. The summed E-state index contributed by atoms with van der Waals surface area (Å²) in [4.78, 5) is 28.7. The van der Waals surface area contributed by atoms with E-state index in [1.807, 2.05) is 12.1 Å². The standard InChI is InChI=1S/C21H15Cl2N5O2/c22-17-6-4-14(10-18(17)23)26-21(30)25-13-3-5-15-16(9-13)20(29)28-27-19(15)8-12-2-1-7-24-11-12/h1-7,9-11H,8H2,(H,28,29)(H2,25,26,30). The monoisotopic (exact) mass is 439 g/mol. The molecule has 0 atom stereocenters. The largest absolute Gasteiger partial charge is 0.323 e. The smallest absolute Gasteiger partial charge is 0.308 e. The van der Waals surface area contributed by atoms with Crippen LogP contribution in [-0.4, -0.2) is 21.2 Å². The lowest BCUT2D eigenvalue weighted by atomic mass is 10.1. The molecule has 0 spiro atoms. The maximum atomic E-state index is 12.3. The minimum absolute atomic E-state index is 0.334. The molecule has 0 saturated heterocycles. The maximum absolute atomic E-state index is 12.3. The van der Waals surface area contributed by atoms with Gasteiger partial charge in [0.2, 0.25) is 0 Å².